The summed E-state index contributed by atoms with van der Waals surface area (Å²) in [5.41, 5.74) is 5.85. The maximum absolute atomic E-state index is 12.2. The van der Waals surface area contributed by atoms with Crippen molar-refractivity contribution >= 4 is 21.6 Å². The van der Waals surface area contributed by atoms with Crippen molar-refractivity contribution in [1.82, 2.24) is 4.72 Å². The Bertz CT molecular complexity index is 593. The first-order valence-corrected chi connectivity index (χ1v) is 7.60. The Hall–Kier alpha value is -1.13. The van der Waals surface area contributed by atoms with Crippen molar-refractivity contribution in [3.05, 3.63) is 28.8 Å². The molecule has 0 aliphatic rings. The molecule has 1 aromatic carbocycles. The minimum Gasteiger partial charge on any atom is -0.329 e. The fraction of sp³-hybridized carbons (Fsp3) is 0.417. The summed E-state index contributed by atoms with van der Waals surface area (Å²) >= 11 is 5.90. The van der Waals surface area contributed by atoms with Gasteiger partial charge in [0, 0.05) is 12.6 Å². The Kier molecular flexibility index (Phi) is 5.32. The summed E-state index contributed by atoms with van der Waals surface area (Å²) in [6.45, 7) is 3.95. The number of hydrogen-bond acceptors (Lipinski definition) is 4. The van der Waals surface area contributed by atoms with Gasteiger partial charge in [0.15, 0.2) is 0 Å². The molecule has 0 aromatic heterocycles. The molecule has 0 aliphatic carbocycles. The average molecular weight is 302 g/mol. The molecular weight excluding hydrogens is 286 g/mol. The van der Waals surface area contributed by atoms with Crippen LogP contribution in [0.1, 0.15) is 19.4 Å². The summed E-state index contributed by atoms with van der Waals surface area (Å²) in [7, 11) is -3.74. The Morgan fingerprint density at radius 3 is 2.53 bits per heavy atom. The maximum Gasteiger partial charge on any atom is 0.242 e. The van der Waals surface area contributed by atoms with Crippen molar-refractivity contribution < 1.29 is 8.42 Å². The van der Waals surface area contributed by atoms with Crippen molar-refractivity contribution in [2.75, 3.05) is 6.54 Å². The van der Waals surface area contributed by atoms with Crippen molar-refractivity contribution in [3.8, 4) is 6.07 Å². The molecular formula is C12H16ClN3O2S. The van der Waals surface area contributed by atoms with E-state index < -0.39 is 10.0 Å². The van der Waals surface area contributed by atoms with Gasteiger partial charge in [-0.3, -0.25) is 0 Å². The van der Waals surface area contributed by atoms with Gasteiger partial charge >= 0.3 is 0 Å². The molecule has 0 heterocycles. The van der Waals surface area contributed by atoms with Gasteiger partial charge in [-0.2, -0.15) is 5.26 Å². The number of sulfonamides is 1. The van der Waals surface area contributed by atoms with Gasteiger partial charge in [0.2, 0.25) is 10.0 Å². The number of nitriles is 1. The molecule has 19 heavy (non-hydrogen) atoms. The van der Waals surface area contributed by atoms with E-state index in [2.05, 4.69) is 4.72 Å². The summed E-state index contributed by atoms with van der Waals surface area (Å²) in [5.74, 6) is 0.0666. The van der Waals surface area contributed by atoms with Crippen LogP contribution in [0.5, 0.6) is 0 Å². The molecule has 0 fully saturated rings. The highest BCUT2D eigenvalue weighted by Gasteiger charge is 2.23. The van der Waals surface area contributed by atoms with Crippen LogP contribution >= 0.6 is 11.6 Å². The predicted molar refractivity (Wildman–Crippen MR) is 74.2 cm³/mol. The zero-order valence-electron chi connectivity index (χ0n) is 10.7. The van der Waals surface area contributed by atoms with E-state index in [0.717, 1.165) is 0 Å². The monoisotopic (exact) mass is 301 g/mol. The number of nitrogens with two attached hydrogens (primary N) is 1. The van der Waals surface area contributed by atoms with Crippen LogP contribution in [0.2, 0.25) is 5.02 Å². The van der Waals surface area contributed by atoms with Gasteiger partial charge in [-0.1, -0.05) is 25.4 Å². The molecule has 1 aromatic rings. The lowest BCUT2D eigenvalue weighted by Crippen LogP contribution is -2.43. The topological polar surface area (TPSA) is 96.0 Å². The predicted octanol–water partition coefficient (Wildman–Crippen LogP) is 1.47. The Balaban J connectivity index is 3.11. The van der Waals surface area contributed by atoms with Gasteiger partial charge in [-0.25, -0.2) is 13.1 Å². The van der Waals surface area contributed by atoms with E-state index in [-0.39, 0.29) is 28.4 Å². The summed E-state index contributed by atoms with van der Waals surface area (Å²) in [4.78, 5) is -0.0488. The van der Waals surface area contributed by atoms with Crippen molar-refractivity contribution in [3.63, 3.8) is 0 Å². The molecule has 1 unspecified atom stereocenters. The molecule has 0 aliphatic heterocycles. The average Bonchev–Trinajstić information content (AvgIpc) is 2.35. The SMILES string of the molecule is CC(C)C(CN)NS(=O)(=O)c1ccc(C#N)cc1Cl. The summed E-state index contributed by atoms with van der Waals surface area (Å²) in [6, 6.07) is 5.58. The third-order valence-corrected chi connectivity index (χ3v) is 4.69. The summed E-state index contributed by atoms with van der Waals surface area (Å²) in [6.07, 6.45) is 0. The van der Waals surface area contributed by atoms with Crippen LogP contribution in [-0.2, 0) is 10.0 Å². The highest BCUT2D eigenvalue weighted by atomic mass is 35.5. The van der Waals surface area contributed by atoms with Gasteiger partial charge in [0.05, 0.1) is 16.7 Å². The first-order chi connectivity index (χ1) is 8.81. The smallest absolute Gasteiger partial charge is 0.242 e. The van der Waals surface area contributed by atoms with E-state index in [0.29, 0.717) is 5.56 Å². The zero-order chi connectivity index (χ0) is 14.6. The highest BCUT2D eigenvalue weighted by molar-refractivity contribution is 7.89. The van der Waals surface area contributed by atoms with E-state index in [9.17, 15) is 8.42 Å². The molecule has 1 atom stereocenters. The van der Waals surface area contributed by atoms with E-state index in [1.54, 1.807) is 0 Å². The molecule has 5 nitrogen and oxygen atoms in total. The fourth-order valence-corrected chi connectivity index (χ4v) is 3.45. The van der Waals surface area contributed by atoms with E-state index >= 15 is 0 Å². The Morgan fingerprint density at radius 2 is 2.11 bits per heavy atom. The molecule has 0 spiro atoms. The van der Waals surface area contributed by atoms with Gasteiger partial charge in [-0.15, -0.1) is 0 Å². The van der Waals surface area contributed by atoms with Crippen LogP contribution < -0.4 is 10.5 Å². The lowest BCUT2D eigenvalue weighted by Gasteiger charge is -2.20. The lowest BCUT2D eigenvalue weighted by atomic mass is 10.1. The number of nitrogens with one attached hydrogen (secondary N) is 1. The van der Waals surface area contributed by atoms with Crippen LogP contribution in [0.15, 0.2) is 23.1 Å². The summed E-state index contributed by atoms with van der Waals surface area (Å²) in [5, 5.41) is 8.74. The lowest BCUT2D eigenvalue weighted by molar-refractivity contribution is 0.455. The quantitative estimate of drug-likeness (QED) is 0.861. The second-order valence-corrected chi connectivity index (χ2v) is 6.55. The molecule has 104 valence electrons. The minimum absolute atomic E-state index is 0.0195. The number of nitrogens with zero attached hydrogens (tertiary/aromatic N) is 1. The third kappa shape index (κ3) is 3.91. The second kappa shape index (κ2) is 6.35. The standard InChI is InChI=1S/C12H16ClN3O2S/c1-8(2)11(7-15)16-19(17,18)12-4-3-9(6-14)5-10(12)13/h3-5,8,11,16H,7,15H2,1-2H3. The Labute approximate surface area is 118 Å². The molecule has 0 amide bonds. The van der Waals surface area contributed by atoms with Crippen molar-refractivity contribution in [2.24, 2.45) is 11.7 Å². The van der Waals surface area contributed by atoms with E-state index in [1.807, 2.05) is 19.9 Å². The van der Waals surface area contributed by atoms with Crippen molar-refractivity contribution in [1.29, 1.82) is 5.26 Å². The second-order valence-electron chi connectivity index (χ2n) is 4.46. The van der Waals surface area contributed by atoms with Crippen LogP contribution in [0, 0.1) is 17.2 Å². The van der Waals surface area contributed by atoms with E-state index in [1.165, 1.54) is 18.2 Å². The number of benzene rings is 1. The van der Waals surface area contributed by atoms with Gasteiger partial charge in [0.25, 0.3) is 0 Å². The summed E-state index contributed by atoms with van der Waals surface area (Å²) < 4.78 is 26.9. The normalized spacial score (nSPS) is 13.3. The van der Waals surface area contributed by atoms with Gasteiger partial charge in [0.1, 0.15) is 4.90 Å². The molecule has 0 bridgehead atoms. The molecule has 0 radical (unpaired) electrons. The Morgan fingerprint density at radius 1 is 1.47 bits per heavy atom. The minimum atomic E-state index is -3.74. The third-order valence-electron chi connectivity index (χ3n) is 2.72. The zero-order valence-corrected chi connectivity index (χ0v) is 12.3. The first kappa shape index (κ1) is 15.9. The van der Waals surface area contributed by atoms with Gasteiger partial charge < -0.3 is 5.73 Å². The number of halogens is 1. The molecule has 3 N–H and O–H groups in total. The maximum atomic E-state index is 12.2. The molecule has 1 rings (SSSR count). The first-order valence-electron chi connectivity index (χ1n) is 5.74. The largest absolute Gasteiger partial charge is 0.329 e. The van der Waals surface area contributed by atoms with Crippen LogP contribution in [0.4, 0.5) is 0 Å². The molecule has 0 saturated heterocycles. The number of hydrogen-bond donors (Lipinski definition) is 2. The van der Waals surface area contributed by atoms with Crippen LogP contribution in [0.25, 0.3) is 0 Å². The fourth-order valence-electron chi connectivity index (χ4n) is 1.51. The highest BCUT2D eigenvalue weighted by Crippen LogP contribution is 2.23. The van der Waals surface area contributed by atoms with Crippen molar-refractivity contribution in [2.45, 2.75) is 24.8 Å². The van der Waals surface area contributed by atoms with Crippen LogP contribution in [-0.4, -0.2) is 21.0 Å². The van der Waals surface area contributed by atoms with E-state index in [4.69, 9.17) is 22.6 Å². The molecule has 0 saturated carbocycles. The van der Waals surface area contributed by atoms with Gasteiger partial charge in [-0.05, 0) is 24.1 Å². The van der Waals surface area contributed by atoms with Crippen LogP contribution in [0.3, 0.4) is 0 Å². The number of rotatable bonds is 5. The molecule has 7 heteroatoms.